The molecule has 6 nitrogen and oxygen atoms in total. The number of anilines is 1. The van der Waals surface area contributed by atoms with E-state index in [4.69, 9.17) is 5.26 Å². The highest BCUT2D eigenvalue weighted by atomic mass is 19.4. The van der Waals surface area contributed by atoms with Crippen molar-refractivity contribution in [3.05, 3.63) is 46.8 Å². The van der Waals surface area contributed by atoms with Crippen molar-refractivity contribution in [3.63, 3.8) is 0 Å². The molecule has 0 radical (unpaired) electrons. The number of aliphatic hydroxyl groups excluding tert-OH is 1. The minimum Gasteiger partial charge on any atom is -0.386 e. The van der Waals surface area contributed by atoms with Crippen LogP contribution in [0.4, 0.5) is 32.0 Å². The Hall–Kier alpha value is -3.07. The van der Waals surface area contributed by atoms with Crippen LogP contribution in [0, 0.1) is 24.2 Å². The smallest absolute Gasteiger partial charge is 0.386 e. The minimum absolute atomic E-state index is 0.0262. The molecule has 2 unspecified atom stereocenters. The van der Waals surface area contributed by atoms with Crippen molar-refractivity contribution in [2.45, 2.75) is 25.4 Å². The Balaban J connectivity index is 2.36. The van der Waals surface area contributed by atoms with Crippen LogP contribution in [-0.2, 0) is 17.1 Å². The van der Waals surface area contributed by atoms with Crippen LogP contribution in [0.3, 0.4) is 0 Å². The molecule has 0 spiro atoms. The predicted octanol–water partition coefficient (Wildman–Crippen LogP) is 3.83. The number of carbonyl (C=O) groups is 1. The van der Waals surface area contributed by atoms with E-state index in [2.05, 4.69) is 9.68 Å². The molecule has 0 aliphatic rings. The lowest BCUT2D eigenvalue weighted by Crippen LogP contribution is -2.27. The lowest BCUT2D eigenvalue weighted by Gasteiger charge is -2.18. The van der Waals surface area contributed by atoms with Crippen LogP contribution in [-0.4, -0.2) is 16.2 Å². The molecule has 0 bridgehead atoms. The molecule has 1 amide bonds. The summed E-state index contributed by atoms with van der Waals surface area (Å²) in [6, 6.07) is 1.93. The number of alkyl halides is 6. The second kappa shape index (κ2) is 7.51. The van der Waals surface area contributed by atoms with Gasteiger partial charge >= 0.3 is 12.4 Å². The highest BCUT2D eigenvalue weighted by Gasteiger charge is 2.38. The van der Waals surface area contributed by atoms with Crippen molar-refractivity contribution in [2.75, 3.05) is 5.32 Å². The number of hydrogen-bond donors (Lipinski definition) is 2. The summed E-state index contributed by atoms with van der Waals surface area (Å²) in [5, 5.41) is 24.4. The Morgan fingerprint density at radius 3 is 2.11 bits per heavy atom. The van der Waals surface area contributed by atoms with Gasteiger partial charge in [0.2, 0.25) is 5.91 Å². The van der Waals surface area contributed by atoms with Crippen LogP contribution in [0.15, 0.2) is 28.9 Å². The minimum atomic E-state index is -5.10. The highest BCUT2D eigenvalue weighted by Crippen LogP contribution is 2.37. The van der Waals surface area contributed by atoms with Gasteiger partial charge in [-0.25, -0.2) is 0 Å². The molecule has 1 aromatic heterocycles. The van der Waals surface area contributed by atoms with Gasteiger partial charge in [0.05, 0.1) is 23.4 Å². The molecule has 0 saturated carbocycles. The Morgan fingerprint density at radius 1 is 1.18 bits per heavy atom. The highest BCUT2D eigenvalue weighted by molar-refractivity contribution is 5.94. The van der Waals surface area contributed by atoms with E-state index in [-0.39, 0.29) is 17.4 Å². The number of aliphatic hydroxyl groups is 1. The topological polar surface area (TPSA) is 99.2 Å². The SMILES string of the molecule is Cc1oncc1C(O)C(C#N)C(=O)Nc1cc(C(F)(F)F)cc(C(F)(F)F)c1. The number of rotatable bonds is 4. The van der Waals surface area contributed by atoms with Crippen LogP contribution in [0.25, 0.3) is 0 Å². The first kappa shape index (κ1) is 21.2. The predicted molar refractivity (Wildman–Crippen MR) is 80.4 cm³/mol. The summed E-state index contributed by atoms with van der Waals surface area (Å²) >= 11 is 0. The zero-order valence-electron chi connectivity index (χ0n) is 13.9. The van der Waals surface area contributed by atoms with Crippen LogP contribution in [0.5, 0.6) is 0 Å². The monoisotopic (exact) mass is 407 g/mol. The summed E-state index contributed by atoms with van der Waals surface area (Å²) in [6.45, 7) is 1.38. The number of nitrogens with zero attached hydrogens (tertiary/aromatic N) is 2. The van der Waals surface area contributed by atoms with E-state index in [0.717, 1.165) is 6.20 Å². The number of benzene rings is 1. The zero-order chi connectivity index (χ0) is 21.3. The van der Waals surface area contributed by atoms with Gasteiger partial charge in [-0.1, -0.05) is 5.16 Å². The van der Waals surface area contributed by atoms with Gasteiger partial charge in [-0.2, -0.15) is 31.6 Å². The van der Waals surface area contributed by atoms with Gasteiger partial charge in [-0.05, 0) is 25.1 Å². The molecule has 2 atom stereocenters. The zero-order valence-corrected chi connectivity index (χ0v) is 13.9. The molecule has 28 heavy (non-hydrogen) atoms. The van der Waals surface area contributed by atoms with Gasteiger partial charge in [-0.15, -0.1) is 0 Å². The number of halogens is 6. The molecule has 1 aromatic carbocycles. The van der Waals surface area contributed by atoms with E-state index >= 15 is 0 Å². The second-order valence-electron chi connectivity index (χ2n) is 5.67. The van der Waals surface area contributed by atoms with Gasteiger partial charge in [-0.3, -0.25) is 4.79 Å². The average Bonchev–Trinajstić information content (AvgIpc) is 2.99. The number of amides is 1. The molecular formula is C16H11F6N3O3. The largest absolute Gasteiger partial charge is 0.416 e. The lowest BCUT2D eigenvalue weighted by molar-refractivity contribution is -0.143. The van der Waals surface area contributed by atoms with Crippen molar-refractivity contribution >= 4 is 11.6 Å². The fraction of sp³-hybridized carbons (Fsp3) is 0.312. The average molecular weight is 407 g/mol. The summed E-state index contributed by atoms with van der Waals surface area (Å²) in [7, 11) is 0. The molecule has 150 valence electrons. The Kier molecular flexibility index (Phi) is 5.70. The van der Waals surface area contributed by atoms with Crippen LogP contribution in [0.2, 0.25) is 0 Å². The van der Waals surface area contributed by atoms with Crippen molar-refractivity contribution in [3.8, 4) is 6.07 Å². The third-order valence-corrected chi connectivity index (χ3v) is 3.70. The van der Waals surface area contributed by atoms with Gasteiger partial charge < -0.3 is 14.9 Å². The standard InChI is InChI=1S/C16H11F6N3O3/c1-7-12(6-24-28-7)13(26)11(5-23)14(27)25-10-3-8(15(17,18)19)2-9(4-10)16(20,21)22/h2-4,6,11,13,26H,1H3,(H,25,27). The molecule has 12 heteroatoms. The Labute approximate surface area is 153 Å². The maximum Gasteiger partial charge on any atom is 0.416 e. The molecule has 0 fully saturated rings. The normalized spacial score (nSPS) is 14.2. The number of carbonyl (C=O) groups excluding carboxylic acids is 1. The van der Waals surface area contributed by atoms with Crippen LogP contribution < -0.4 is 5.32 Å². The van der Waals surface area contributed by atoms with Gasteiger partial charge in [0, 0.05) is 11.3 Å². The van der Waals surface area contributed by atoms with E-state index in [0.29, 0.717) is 12.1 Å². The van der Waals surface area contributed by atoms with E-state index in [1.165, 1.54) is 13.0 Å². The van der Waals surface area contributed by atoms with Crippen molar-refractivity contribution in [1.82, 2.24) is 5.16 Å². The number of nitrogens with one attached hydrogen (secondary N) is 1. The number of aromatic nitrogens is 1. The quantitative estimate of drug-likeness (QED) is 0.751. The Bertz CT molecular complexity index is 881. The van der Waals surface area contributed by atoms with E-state index in [1.807, 2.05) is 5.32 Å². The first-order chi connectivity index (χ1) is 12.8. The molecule has 2 N–H and O–H groups in total. The summed E-state index contributed by atoms with van der Waals surface area (Å²) in [4.78, 5) is 12.2. The van der Waals surface area contributed by atoms with Crippen molar-refractivity contribution in [1.29, 1.82) is 5.26 Å². The summed E-state index contributed by atoms with van der Waals surface area (Å²) < 4.78 is 81.9. The van der Waals surface area contributed by atoms with E-state index in [9.17, 15) is 36.2 Å². The van der Waals surface area contributed by atoms with Crippen molar-refractivity contribution in [2.24, 2.45) is 5.92 Å². The van der Waals surface area contributed by atoms with Crippen molar-refractivity contribution < 1.29 is 40.8 Å². The summed E-state index contributed by atoms with van der Waals surface area (Å²) in [5.74, 6) is -3.07. The van der Waals surface area contributed by atoms with E-state index < -0.39 is 47.1 Å². The first-order valence-electron chi connectivity index (χ1n) is 7.43. The molecule has 0 aliphatic heterocycles. The number of nitriles is 1. The van der Waals surface area contributed by atoms with Crippen LogP contribution in [0.1, 0.15) is 28.6 Å². The number of hydrogen-bond acceptors (Lipinski definition) is 5. The summed E-state index contributed by atoms with van der Waals surface area (Å²) in [5.41, 5.74) is -4.13. The molecule has 1 heterocycles. The molecule has 0 saturated heterocycles. The molecule has 0 aliphatic carbocycles. The van der Waals surface area contributed by atoms with Gasteiger partial charge in [0.15, 0.2) is 5.92 Å². The lowest BCUT2D eigenvalue weighted by atomic mass is 9.96. The van der Waals surface area contributed by atoms with Gasteiger partial charge in [0.25, 0.3) is 0 Å². The van der Waals surface area contributed by atoms with E-state index in [1.54, 1.807) is 0 Å². The third kappa shape index (κ3) is 4.61. The summed E-state index contributed by atoms with van der Waals surface area (Å²) in [6.07, 6.45) is -10.9. The fourth-order valence-corrected chi connectivity index (χ4v) is 2.29. The first-order valence-corrected chi connectivity index (χ1v) is 7.43. The second-order valence-corrected chi connectivity index (χ2v) is 5.67. The van der Waals surface area contributed by atoms with Gasteiger partial charge in [0.1, 0.15) is 11.9 Å². The maximum atomic E-state index is 12.9. The maximum absolute atomic E-state index is 12.9. The fourth-order valence-electron chi connectivity index (χ4n) is 2.29. The van der Waals surface area contributed by atoms with Crippen LogP contribution >= 0.6 is 0 Å². The molecular weight excluding hydrogens is 396 g/mol. The third-order valence-electron chi connectivity index (χ3n) is 3.70. The molecule has 2 aromatic rings. The number of aryl methyl sites for hydroxylation is 1. The molecule has 2 rings (SSSR count). The Morgan fingerprint density at radius 2 is 1.71 bits per heavy atom.